The largest absolute Gasteiger partial charge is 0.475 e. The number of rotatable bonds is 8. The lowest BCUT2D eigenvalue weighted by molar-refractivity contribution is 0.156. The topological polar surface area (TPSA) is 47.5 Å². The van der Waals surface area contributed by atoms with Gasteiger partial charge in [-0.1, -0.05) is 0 Å². The van der Waals surface area contributed by atoms with E-state index in [4.69, 9.17) is 21.1 Å². The van der Waals surface area contributed by atoms with Crippen molar-refractivity contribution in [1.82, 2.24) is 9.97 Å². The molecule has 0 aliphatic carbocycles. The molecular weight excluding hydrogens is 266 g/mol. The van der Waals surface area contributed by atoms with Gasteiger partial charge in [0.15, 0.2) is 0 Å². The molecule has 1 heterocycles. The highest BCUT2D eigenvalue weighted by Crippen LogP contribution is 2.15. The molecule has 0 atom stereocenters. The fourth-order valence-corrected chi connectivity index (χ4v) is 1.56. The Hall–Kier alpha value is -1.07. The lowest BCUT2D eigenvalue weighted by Crippen LogP contribution is -2.25. The first kappa shape index (κ1) is 16.0. The van der Waals surface area contributed by atoms with Gasteiger partial charge in [-0.25, -0.2) is 4.98 Å². The molecule has 0 bridgehead atoms. The number of hydrogen-bond donors (Lipinski definition) is 0. The molecule has 0 aliphatic heterocycles. The van der Waals surface area contributed by atoms with Crippen LogP contribution in [0.1, 0.15) is 19.5 Å². The van der Waals surface area contributed by atoms with E-state index in [0.29, 0.717) is 37.5 Å². The third-order valence-corrected chi connectivity index (χ3v) is 2.46. The fraction of sp³-hybridized carbons (Fsp3) is 0.692. The van der Waals surface area contributed by atoms with E-state index < -0.39 is 0 Å². The van der Waals surface area contributed by atoms with Crippen molar-refractivity contribution in [3.63, 3.8) is 0 Å². The minimum atomic E-state index is 0.0968. The Morgan fingerprint density at radius 1 is 1.32 bits per heavy atom. The number of ether oxygens (including phenoxy) is 2. The number of anilines is 1. The van der Waals surface area contributed by atoms with Crippen LogP contribution in [0, 0.1) is 6.92 Å². The van der Waals surface area contributed by atoms with Crippen molar-refractivity contribution in [2.45, 2.75) is 26.9 Å². The van der Waals surface area contributed by atoms with E-state index in [2.05, 4.69) is 9.97 Å². The first-order valence-corrected chi connectivity index (χ1v) is 6.93. The van der Waals surface area contributed by atoms with Crippen molar-refractivity contribution in [1.29, 1.82) is 0 Å². The van der Waals surface area contributed by atoms with Gasteiger partial charge in [-0.15, -0.1) is 11.6 Å². The maximum atomic E-state index is 5.60. The minimum Gasteiger partial charge on any atom is -0.475 e. The van der Waals surface area contributed by atoms with Gasteiger partial charge >= 0.3 is 0 Å². The zero-order valence-electron chi connectivity index (χ0n) is 12.0. The van der Waals surface area contributed by atoms with Gasteiger partial charge in [0.05, 0.1) is 19.3 Å². The summed E-state index contributed by atoms with van der Waals surface area (Å²) < 4.78 is 10.9. The standard InChI is InChI=1S/C13H22ClN3O2/c1-10(2)19-12-9-11(3)15-13(16-12)17(4)6-8-18-7-5-14/h9-10H,5-8H2,1-4H3. The van der Waals surface area contributed by atoms with Gasteiger partial charge < -0.3 is 14.4 Å². The predicted molar refractivity (Wildman–Crippen MR) is 77.3 cm³/mol. The summed E-state index contributed by atoms with van der Waals surface area (Å²) in [7, 11) is 1.93. The number of nitrogens with zero attached hydrogens (tertiary/aromatic N) is 3. The molecule has 0 aromatic carbocycles. The molecule has 108 valence electrons. The average molecular weight is 288 g/mol. The third kappa shape index (κ3) is 6.07. The zero-order chi connectivity index (χ0) is 14.3. The van der Waals surface area contributed by atoms with Crippen LogP contribution in [0.15, 0.2) is 6.07 Å². The van der Waals surface area contributed by atoms with E-state index in [1.807, 2.05) is 38.8 Å². The maximum Gasteiger partial charge on any atom is 0.228 e. The second kappa shape index (κ2) is 8.17. The van der Waals surface area contributed by atoms with Crippen molar-refractivity contribution in [2.75, 3.05) is 37.6 Å². The summed E-state index contributed by atoms with van der Waals surface area (Å²) in [5.74, 6) is 1.76. The van der Waals surface area contributed by atoms with E-state index in [0.717, 1.165) is 5.69 Å². The van der Waals surface area contributed by atoms with Crippen molar-refractivity contribution < 1.29 is 9.47 Å². The molecule has 0 N–H and O–H groups in total. The van der Waals surface area contributed by atoms with Gasteiger partial charge in [-0.2, -0.15) is 4.98 Å². The number of alkyl halides is 1. The lowest BCUT2D eigenvalue weighted by atomic mass is 10.4. The van der Waals surface area contributed by atoms with Gasteiger partial charge in [0.1, 0.15) is 0 Å². The summed E-state index contributed by atoms with van der Waals surface area (Å²) >= 11 is 5.54. The van der Waals surface area contributed by atoms with Crippen molar-refractivity contribution in [2.24, 2.45) is 0 Å². The summed E-state index contributed by atoms with van der Waals surface area (Å²) in [6.07, 6.45) is 0.0968. The average Bonchev–Trinajstić information content (AvgIpc) is 2.32. The first-order chi connectivity index (χ1) is 9.02. The molecule has 1 aromatic heterocycles. The van der Waals surface area contributed by atoms with E-state index in [9.17, 15) is 0 Å². The SMILES string of the molecule is Cc1cc(OC(C)C)nc(N(C)CCOCCCl)n1. The van der Waals surface area contributed by atoms with Gasteiger partial charge in [0, 0.05) is 31.2 Å². The second-order valence-electron chi connectivity index (χ2n) is 4.54. The molecule has 0 amide bonds. The Labute approximate surface area is 119 Å². The molecule has 0 saturated carbocycles. The highest BCUT2D eigenvalue weighted by molar-refractivity contribution is 6.17. The van der Waals surface area contributed by atoms with Crippen LogP contribution in [0.2, 0.25) is 0 Å². The highest BCUT2D eigenvalue weighted by Gasteiger charge is 2.09. The van der Waals surface area contributed by atoms with Gasteiger partial charge in [-0.05, 0) is 20.8 Å². The van der Waals surface area contributed by atoms with E-state index in [1.165, 1.54) is 0 Å². The Balaban J connectivity index is 2.62. The maximum absolute atomic E-state index is 5.60. The second-order valence-corrected chi connectivity index (χ2v) is 4.92. The first-order valence-electron chi connectivity index (χ1n) is 6.40. The van der Waals surface area contributed by atoms with Gasteiger partial charge in [0.2, 0.25) is 11.8 Å². The molecule has 1 rings (SSSR count). The van der Waals surface area contributed by atoms with Crippen molar-refractivity contribution >= 4 is 17.5 Å². The highest BCUT2D eigenvalue weighted by atomic mass is 35.5. The Morgan fingerprint density at radius 2 is 2.05 bits per heavy atom. The van der Waals surface area contributed by atoms with Gasteiger partial charge in [-0.3, -0.25) is 0 Å². The van der Waals surface area contributed by atoms with Gasteiger partial charge in [0.25, 0.3) is 0 Å². The molecule has 6 heteroatoms. The van der Waals surface area contributed by atoms with E-state index in [-0.39, 0.29) is 6.10 Å². The fourth-order valence-electron chi connectivity index (χ4n) is 1.46. The Morgan fingerprint density at radius 3 is 2.68 bits per heavy atom. The normalized spacial score (nSPS) is 10.8. The van der Waals surface area contributed by atoms with E-state index >= 15 is 0 Å². The van der Waals surface area contributed by atoms with E-state index in [1.54, 1.807) is 0 Å². The molecule has 5 nitrogen and oxygen atoms in total. The molecule has 0 fully saturated rings. The molecule has 0 spiro atoms. The molecule has 0 unspecified atom stereocenters. The van der Waals surface area contributed by atoms with Crippen LogP contribution in [-0.4, -0.2) is 48.8 Å². The van der Waals surface area contributed by atoms with Crippen LogP contribution in [-0.2, 0) is 4.74 Å². The molecule has 0 radical (unpaired) electrons. The summed E-state index contributed by atoms with van der Waals surface area (Å²) in [5, 5.41) is 0. The number of aromatic nitrogens is 2. The minimum absolute atomic E-state index is 0.0968. The van der Waals surface area contributed by atoms with Crippen LogP contribution < -0.4 is 9.64 Å². The molecule has 19 heavy (non-hydrogen) atoms. The smallest absolute Gasteiger partial charge is 0.228 e. The molecule has 1 aromatic rings. The Bertz CT molecular complexity index is 388. The van der Waals surface area contributed by atoms with Crippen molar-refractivity contribution in [3.05, 3.63) is 11.8 Å². The van der Waals surface area contributed by atoms with Crippen LogP contribution in [0.3, 0.4) is 0 Å². The van der Waals surface area contributed by atoms with Crippen LogP contribution in [0.5, 0.6) is 5.88 Å². The predicted octanol–water partition coefficient (Wildman–Crippen LogP) is 2.26. The molecule has 0 aliphatic rings. The van der Waals surface area contributed by atoms with Crippen LogP contribution in [0.25, 0.3) is 0 Å². The number of likely N-dealkylation sites (N-methyl/N-ethyl adjacent to an activating group) is 1. The number of halogens is 1. The number of aryl methyl sites for hydroxylation is 1. The van der Waals surface area contributed by atoms with Crippen molar-refractivity contribution in [3.8, 4) is 5.88 Å². The van der Waals surface area contributed by atoms with Crippen LogP contribution >= 0.6 is 11.6 Å². The zero-order valence-corrected chi connectivity index (χ0v) is 12.8. The lowest BCUT2D eigenvalue weighted by Gasteiger charge is -2.18. The molecule has 0 saturated heterocycles. The summed E-state index contributed by atoms with van der Waals surface area (Å²) in [4.78, 5) is 10.7. The Kier molecular flexibility index (Phi) is 6.87. The monoisotopic (exact) mass is 287 g/mol. The summed E-state index contributed by atoms with van der Waals surface area (Å²) in [6.45, 7) is 7.74. The number of hydrogen-bond acceptors (Lipinski definition) is 5. The summed E-state index contributed by atoms with van der Waals surface area (Å²) in [5.41, 5.74) is 0.883. The molecular formula is C13H22ClN3O2. The van der Waals surface area contributed by atoms with Crippen LogP contribution in [0.4, 0.5) is 5.95 Å². The summed E-state index contributed by atoms with van der Waals surface area (Å²) in [6, 6.07) is 1.83. The quantitative estimate of drug-likeness (QED) is 0.542. The third-order valence-electron chi connectivity index (χ3n) is 2.31.